The first-order valence-electron chi connectivity index (χ1n) is 26.8. The number of nitrogens with zero attached hydrogens (tertiary/aromatic N) is 2. The molecule has 3 aliphatic heterocycles. The lowest BCUT2D eigenvalue weighted by atomic mass is 9.67. The van der Waals surface area contributed by atoms with Crippen LogP contribution in [0.4, 0.5) is 0 Å². The summed E-state index contributed by atoms with van der Waals surface area (Å²) in [5.74, 6) is -6.52. The van der Waals surface area contributed by atoms with Gasteiger partial charge in [0.1, 0.15) is 35.3 Å². The van der Waals surface area contributed by atoms with E-state index < -0.39 is 123 Å². The maximum Gasteiger partial charge on any atom is 0.341 e. The normalized spacial score (nSPS) is 38.0. The van der Waals surface area contributed by atoms with Crippen LogP contribution in [0.3, 0.4) is 0 Å². The molecule has 1 saturated carbocycles. The Labute approximate surface area is 447 Å². The molecule has 4 heterocycles. The quantitative estimate of drug-likeness (QED) is 0.0813. The summed E-state index contributed by atoms with van der Waals surface area (Å²) in [5.41, 5.74) is -3.94. The largest absolute Gasteiger partial charge is 0.477 e. The van der Waals surface area contributed by atoms with Crippen LogP contribution in [0.5, 0.6) is 0 Å². The van der Waals surface area contributed by atoms with Crippen molar-refractivity contribution in [2.75, 3.05) is 47.2 Å². The lowest BCUT2D eigenvalue weighted by molar-refractivity contribution is -0.318. The standard InChI is InChI=1S/C54H85N3O18S/c1-14-57-28-37(49(62)63)43(59)36-25-35(17-18-38(36)57)16-15-21-55-22-23-76(66,67)75-48-34(7)71-41(27-53(48,9)69-13)73-45-32(5)47(74-51-44(60)39(56(10)11)24-30(3)70-51)52(8,68-12)26-29(2)42(58)31(4)46(61)54(65)20-19-40(54)72-50(64)33(45)6/h17-18,25,28-34,39-41,44-48,51,55,60-61,65H,14-16,19-24,26-27H2,1-13H3,(H,62,63)/t29-,30-,31+,32+,33-,34+,39+,40-,41+,44-,45+,46-,47-,48+,51+,52-,53-,54-/m1/s1. The Kier molecular flexibility index (Phi) is 20.2. The zero-order valence-electron chi connectivity index (χ0n) is 46.6. The van der Waals surface area contributed by atoms with E-state index in [1.807, 2.05) is 38.9 Å². The molecule has 2 aromatic rings. The molecule has 76 heavy (non-hydrogen) atoms. The van der Waals surface area contributed by atoms with Gasteiger partial charge in [0.2, 0.25) is 5.43 Å². The summed E-state index contributed by atoms with van der Waals surface area (Å²) in [6.45, 7) is 16.5. The van der Waals surface area contributed by atoms with E-state index in [9.17, 15) is 48.0 Å². The Balaban J connectivity index is 1.19. The fraction of sp³-hybridized carbons (Fsp3) is 0.778. The number of ketones is 1. The smallest absolute Gasteiger partial charge is 0.341 e. The number of methoxy groups -OCH3 is 2. The predicted octanol–water partition coefficient (Wildman–Crippen LogP) is 3.41. The number of carboxylic acid groups (broad SMARTS) is 1. The number of Topliss-reactive ketones (excluding diaryl/α,β-unsaturated/α-hetero) is 1. The summed E-state index contributed by atoms with van der Waals surface area (Å²) in [6.07, 6.45) is -7.46. The molecule has 430 valence electrons. The second-order valence-electron chi connectivity index (χ2n) is 22.5. The molecule has 21 nitrogen and oxygen atoms in total. The van der Waals surface area contributed by atoms with Gasteiger partial charge in [0, 0.05) is 69.1 Å². The van der Waals surface area contributed by atoms with E-state index in [4.69, 9.17) is 37.3 Å². The van der Waals surface area contributed by atoms with Gasteiger partial charge in [-0.3, -0.25) is 18.6 Å². The van der Waals surface area contributed by atoms with Gasteiger partial charge in [-0.05, 0) is 118 Å². The SMILES string of the molecule is CCn1cc(C(=O)O)c(=O)c2cc(CCCNCCS(=O)(=O)O[C@H]3[C@H](C)O[C@@H](O[C@H]4[C@H](C)[C@@H](O[C@@H]5O[C@H](C)C[C@H](N(C)C)[C@H]5O)[C@](C)(OC)C[C@@H](C)C(=O)[C@H](C)[C@@H](O)[C@@]5(O)CC[C@H]5OC(=O)[C@@H]4C)C[C@@]3(C)OC)ccc21. The number of aromatic nitrogens is 1. The van der Waals surface area contributed by atoms with Crippen molar-refractivity contribution in [1.82, 2.24) is 14.8 Å². The van der Waals surface area contributed by atoms with Crippen LogP contribution in [0.25, 0.3) is 10.9 Å². The van der Waals surface area contributed by atoms with Crippen LogP contribution in [-0.4, -0.2) is 187 Å². The van der Waals surface area contributed by atoms with Crippen LogP contribution in [0, 0.1) is 23.7 Å². The number of ether oxygens (including phenoxy) is 7. The van der Waals surface area contributed by atoms with E-state index in [-0.39, 0.29) is 61.5 Å². The van der Waals surface area contributed by atoms with Crippen LogP contribution >= 0.6 is 0 Å². The summed E-state index contributed by atoms with van der Waals surface area (Å²) in [6, 6.07) is 5.04. The number of nitrogens with one attached hydrogen (secondary N) is 1. The highest BCUT2D eigenvalue weighted by Crippen LogP contribution is 2.45. The Morgan fingerprint density at radius 1 is 0.934 bits per heavy atom. The van der Waals surface area contributed by atoms with E-state index in [1.165, 1.54) is 20.4 Å². The third kappa shape index (κ3) is 13.2. The first-order chi connectivity index (χ1) is 35.5. The number of carbonyl (C=O) groups is 3. The minimum absolute atomic E-state index is 0.0476. The highest BCUT2D eigenvalue weighted by Gasteiger charge is 2.58. The van der Waals surface area contributed by atoms with E-state index in [1.54, 1.807) is 65.2 Å². The number of fused-ring (bicyclic) bond motifs is 2. The fourth-order valence-electron chi connectivity index (χ4n) is 11.9. The highest BCUT2D eigenvalue weighted by molar-refractivity contribution is 7.86. The molecular formula is C54H85N3O18S. The molecule has 0 unspecified atom stereocenters. The number of aromatic carboxylic acids is 1. The van der Waals surface area contributed by atoms with Gasteiger partial charge < -0.3 is 68.4 Å². The molecule has 0 amide bonds. The van der Waals surface area contributed by atoms with Crippen molar-refractivity contribution in [3.05, 3.63) is 45.7 Å². The van der Waals surface area contributed by atoms with Crippen molar-refractivity contribution in [2.45, 2.75) is 198 Å². The average molecular weight is 1100 g/mol. The average Bonchev–Trinajstić information content (AvgIpc) is 3.37. The van der Waals surface area contributed by atoms with Crippen molar-refractivity contribution in [2.24, 2.45) is 23.7 Å². The third-order valence-corrected chi connectivity index (χ3v) is 18.0. The Bertz CT molecular complexity index is 2530. The number of carbonyl (C=O) groups excluding carboxylic acids is 2. The number of benzene rings is 1. The van der Waals surface area contributed by atoms with Crippen molar-refractivity contribution in [3.8, 4) is 0 Å². The van der Waals surface area contributed by atoms with Crippen LogP contribution in [-0.2, 0) is 70.0 Å². The second kappa shape index (κ2) is 24.9. The van der Waals surface area contributed by atoms with Gasteiger partial charge in [-0.15, -0.1) is 0 Å². The lowest BCUT2D eigenvalue weighted by Crippen LogP contribution is -2.65. The number of esters is 1. The predicted molar refractivity (Wildman–Crippen MR) is 279 cm³/mol. The summed E-state index contributed by atoms with van der Waals surface area (Å²) < 4.78 is 79.7. The van der Waals surface area contributed by atoms with Crippen LogP contribution < -0.4 is 10.7 Å². The first kappa shape index (κ1) is 61.7. The monoisotopic (exact) mass is 1100 g/mol. The number of hydrogen-bond donors (Lipinski definition) is 5. The number of likely N-dealkylation sites (N-methyl/N-ethyl adjacent to an activating group) is 1. The van der Waals surface area contributed by atoms with E-state index >= 15 is 0 Å². The molecule has 1 aromatic carbocycles. The van der Waals surface area contributed by atoms with Gasteiger partial charge in [0.05, 0.1) is 58.9 Å². The molecule has 0 radical (unpaired) electrons. The van der Waals surface area contributed by atoms with Gasteiger partial charge in [-0.1, -0.05) is 26.8 Å². The zero-order valence-corrected chi connectivity index (χ0v) is 47.4. The van der Waals surface area contributed by atoms with E-state index in [2.05, 4.69) is 5.32 Å². The number of carboxylic acids is 1. The van der Waals surface area contributed by atoms with Gasteiger partial charge in [0.15, 0.2) is 12.6 Å². The molecule has 0 spiro atoms. The summed E-state index contributed by atoms with van der Waals surface area (Å²) >= 11 is 0. The van der Waals surface area contributed by atoms with Gasteiger partial charge in [-0.25, -0.2) is 4.79 Å². The minimum Gasteiger partial charge on any atom is -0.477 e. The van der Waals surface area contributed by atoms with Crippen molar-refractivity contribution >= 4 is 38.7 Å². The fourth-order valence-corrected chi connectivity index (χ4v) is 13.1. The molecule has 0 bridgehead atoms. The molecule has 1 aliphatic carbocycles. The minimum atomic E-state index is -4.20. The zero-order chi connectivity index (χ0) is 56.4. The molecule has 6 rings (SSSR count). The lowest BCUT2D eigenvalue weighted by Gasteiger charge is -2.51. The summed E-state index contributed by atoms with van der Waals surface area (Å²) in [7, 11) is 2.41. The molecule has 1 aromatic heterocycles. The van der Waals surface area contributed by atoms with E-state index in [0.29, 0.717) is 43.3 Å². The van der Waals surface area contributed by atoms with Crippen molar-refractivity contribution in [3.63, 3.8) is 0 Å². The number of aryl methyl sites for hydroxylation is 2. The summed E-state index contributed by atoms with van der Waals surface area (Å²) in [5, 5.41) is 48.1. The van der Waals surface area contributed by atoms with E-state index in [0.717, 1.165) is 5.56 Å². The maximum absolute atomic E-state index is 14.4. The van der Waals surface area contributed by atoms with Gasteiger partial charge in [-0.2, -0.15) is 8.42 Å². The molecule has 18 atom stereocenters. The second-order valence-corrected chi connectivity index (χ2v) is 24.2. The Morgan fingerprint density at radius 2 is 1.61 bits per heavy atom. The van der Waals surface area contributed by atoms with Crippen LogP contribution in [0.1, 0.15) is 117 Å². The molecule has 3 saturated heterocycles. The first-order valence-corrected chi connectivity index (χ1v) is 28.3. The molecule has 4 fully saturated rings. The summed E-state index contributed by atoms with van der Waals surface area (Å²) in [4.78, 5) is 55.2. The van der Waals surface area contributed by atoms with Crippen LogP contribution in [0.15, 0.2) is 29.2 Å². The molecule has 4 aliphatic rings. The molecular weight excluding hydrogens is 1010 g/mol. The van der Waals surface area contributed by atoms with Gasteiger partial charge in [0.25, 0.3) is 10.1 Å². The number of rotatable bonds is 18. The Morgan fingerprint density at radius 3 is 2.21 bits per heavy atom. The topological polar surface area (TPSA) is 277 Å². The molecule has 5 N–H and O–H groups in total. The van der Waals surface area contributed by atoms with Crippen molar-refractivity contribution in [1.29, 1.82) is 0 Å². The number of hydrogen-bond acceptors (Lipinski definition) is 19. The van der Waals surface area contributed by atoms with Crippen LogP contribution in [0.2, 0.25) is 0 Å². The maximum atomic E-state index is 14.4. The number of aliphatic hydroxyl groups is 3. The third-order valence-electron chi connectivity index (χ3n) is 16.8. The number of aliphatic hydroxyl groups excluding tert-OH is 2. The van der Waals surface area contributed by atoms with Gasteiger partial charge >= 0.3 is 11.9 Å². The van der Waals surface area contributed by atoms with Crippen molar-refractivity contribution < 1.29 is 80.6 Å². The number of pyridine rings is 1. The molecule has 22 heteroatoms. The Hall–Kier alpha value is -3.49. The highest BCUT2D eigenvalue weighted by atomic mass is 32.2.